The molecule has 1 unspecified atom stereocenters. The van der Waals surface area contributed by atoms with Crippen molar-refractivity contribution in [2.75, 3.05) is 13.6 Å². The van der Waals surface area contributed by atoms with Crippen LogP contribution in [0.15, 0.2) is 27.6 Å². The molecule has 0 amide bonds. The van der Waals surface area contributed by atoms with Crippen LogP contribution < -0.4 is 5.73 Å². The van der Waals surface area contributed by atoms with Crippen LogP contribution in [0.2, 0.25) is 5.02 Å². The van der Waals surface area contributed by atoms with E-state index in [0.717, 1.165) is 0 Å². The van der Waals surface area contributed by atoms with E-state index in [1.54, 1.807) is 19.2 Å². The van der Waals surface area contributed by atoms with Gasteiger partial charge in [0, 0.05) is 19.6 Å². The maximum Gasteiger partial charge on any atom is 0.243 e. The highest BCUT2D eigenvalue weighted by atomic mass is 79.9. The summed E-state index contributed by atoms with van der Waals surface area (Å²) >= 11 is 9.17. The van der Waals surface area contributed by atoms with E-state index in [9.17, 15) is 8.42 Å². The molecule has 2 N–H and O–H groups in total. The van der Waals surface area contributed by atoms with Gasteiger partial charge in [-0.15, -0.1) is 0 Å². The van der Waals surface area contributed by atoms with Crippen molar-refractivity contribution in [1.82, 2.24) is 4.31 Å². The molecule has 0 saturated carbocycles. The maximum absolute atomic E-state index is 12.5. The highest BCUT2D eigenvalue weighted by molar-refractivity contribution is 9.10. The predicted octanol–water partition coefficient (Wildman–Crippen LogP) is 3.10. The standard InChI is InChI=1S/C13H20BrClN2O2S/c1-9(2)11(16)7-8-17(3)20(18,19)12-6-4-5-10(15)13(12)14/h4-6,9,11H,7-8,16H2,1-3H3. The highest BCUT2D eigenvalue weighted by Crippen LogP contribution is 2.31. The summed E-state index contributed by atoms with van der Waals surface area (Å²) in [6.07, 6.45) is 0.617. The lowest BCUT2D eigenvalue weighted by atomic mass is 10.0. The second-order valence-corrected chi connectivity index (χ2v) is 8.29. The second kappa shape index (κ2) is 7.22. The quantitative estimate of drug-likeness (QED) is 0.821. The van der Waals surface area contributed by atoms with Crippen molar-refractivity contribution in [2.24, 2.45) is 11.7 Å². The lowest BCUT2D eigenvalue weighted by Gasteiger charge is -2.22. The summed E-state index contributed by atoms with van der Waals surface area (Å²) in [7, 11) is -2.02. The number of hydrogen-bond donors (Lipinski definition) is 1. The number of halogens is 2. The fraction of sp³-hybridized carbons (Fsp3) is 0.538. The van der Waals surface area contributed by atoms with Crippen molar-refractivity contribution in [1.29, 1.82) is 0 Å². The minimum Gasteiger partial charge on any atom is -0.327 e. The van der Waals surface area contributed by atoms with Gasteiger partial charge in [-0.1, -0.05) is 31.5 Å². The molecule has 0 aliphatic rings. The zero-order valence-electron chi connectivity index (χ0n) is 11.8. The Hall–Kier alpha value is -0.140. The second-order valence-electron chi connectivity index (χ2n) is 5.08. The zero-order valence-corrected chi connectivity index (χ0v) is 15.0. The van der Waals surface area contributed by atoms with Crippen LogP contribution in [0.3, 0.4) is 0 Å². The summed E-state index contributed by atoms with van der Waals surface area (Å²) in [5.41, 5.74) is 5.95. The summed E-state index contributed by atoms with van der Waals surface area (Å²) in [6.45, 7) is 4.42. The largest absolute Gasteiger partial charge is 0.327 e. The topological polar surface area (TPSA) is 63.4 Å². The molecule has 114 valence electrons. The van der Waals surface area contributed by atoms with E-state index < -0.39 is 10.0 Å². The van der Waals surface area contributed by atoms with Crippen molar-refractivity contribution in [3.63, 3.8) is 0 Å². The summed E-state index contributed by atoms with van der Waals surface area (Å²) in [5.74, 6) is 0.323. The van der Waals surface area contributed by atoms with Gasteiger partial charge in [0.2, 0.25) is 10.0 Å². The van der Waals surface area contributed by atoms with Crippen LogP contribution in [0.25, 0.3) is 0 Å². The Morgan fingerprint density at radius 3 is 2.55 bits per heavy atom. The van der Waals surface area contributed by atoms with Crippen molar-refractivity contribution < 1.29 is 8.42 Å². The molecule has 0 bridgehead atoms. The van der Waals surface area contributed by atoms with Crippen molar-refractivity contribution in [3.05, 3.63) is 27.7 Å². The van der Waals surface area contributed by atoms with Crippen LogP contribution in [0.1, 0.15) is 20.3 Å². The van der Waals surface area contributed by atoms with Gasteiger partial charge in [-0.2, -0.15) is 0 Å². The van der Waals surface area contributed by atoms with Gasteiger partial charge in [-0.25, -0.2) is 12.7 Å². The minimum atomic E-state index is -3.57. The van der Waals surface area contributed by atoms with Crippen molar-refractivity contribution in [3.8, 4) is 0 Å². The summed E-state index contributed by atoms with van der Waals surface area (Å²) in [4.78, 5) is 0.172. The molecular formula is C13H20BrClN2O2S. The third-order valence-electron chi connectivity index (χ3n) is 3.24. The highest BCUT2D eigenvalue weighted by Gasteiger charge is 2.24. The van der Waals surface area contributed by atoms with Crippen LogP contribution >= 0.6 is 27.5 Å². The Kier molecular flexibility index (Phi) is 6.47. The Balaban J connectivity index is 2.91. The molecule has 0 heterocycles. The van der Waals surface area contributed by atoms with Gasteiger partial charge in [0.05, 0.1) is 14.4 Å². The van der Waals surface area contributed by atoms with Gasteiger partial charge in [0.25, 0.3) is 0 Å². The first-order chi connectivity index (χ1) is 9.17. The Labute approximate surface area is 134 Å². The molecule has 1 rings (SSSR count). The van der Waals surface area contributed by atoms with E-state index >= 15 is 0 Å². The van der Waals surface area contributed by atoms with E-state index in [-0.39, 0.29) is 10.9 Å². The number of rotatable bonds is 6. The number of benzene rings is 1. The Morgan fingerprint density at radius 2 is 2.00 bits per heavy atom. The lowest BCUT2D eigenvalue weighted by Crippen LogP contribution is -2.34. The molecule has 4 nitrogen and oxygen atoms in total. The monoisotopic (exact) mass is 382 g/mol. The average Bonchev–Trinajstić information content (AvgIpc) is 2.38. The van der Waals surface area contributed by atoms with Gasteiger partial charge in [0.15, 0.2) is 0 Å². The molecule has 0 aliphatic carbocycles. The molecule has 1 aromatic carbocycles. The predicted molar refractivity (Wildman–Crippen MR) is 86.4 cm³/mol. The molecular weight excluding hydrogens is 364 g/mol. The third kappa shape index (κ3) is 4.18. The van der Waals surface area contributed by atoms with Crippen molar-refractivity contribution >= 4 is 37.6 Å². The Bertz CT molecular complexity index is 563. The van der Waals surface area contributed by atoms with Crippen LogP contribution in [-0.2, 0) is 10.0 Å². The molecule has 0 aromatic heterocycles. The first-order valence-electron chi connectivity index (χ1n) is 6.34. The number of hydrogen-bond acceptors (Lipinski definition) is 3. The van der Waals surface area contributed by atoms with E-state index in [1.807, 2.05) is 13.8 Å². The first kappa shape index (κ1) is 17.9. The fourth-order valence-electron chi connectivity index (χ4n) is 1.64. The van der Waals surface area contributed by atoms with Crippen LogP contribution in [0.5, 0.6) is 0 Å². The summed E-state index contributed by atoms with van der Waals surface area (Å²) in [5, 5.41) is 0.373. The molecule has 1 atom stereocenters. The molecule has 1 aromatic rings. The van der Waals surface area contributed by atoms with E-state index in [0.29, 0.717) is 28.4 Å². The van der Waals surface area contributed by atoms with Gasteiger partial charge >= 0.3 is 0 Å². The average molecular weight is 384 g/mol. The van der Waals surface area contributed by atoms with E-state index in [1.165, 1.54) is 10.4 Å². The molecule has 0 radical (unpaired) electrons. The molecule has 0 saturated heterocycles. The van der Waals surface area contributed by atoms with Crippen LogP contribution in [0, 0.1) is 5.92 Å². The van der Waals surface area contributed by atoms with Gasteiger partial charge in [0.1, 0.15) is 0 Å². The summed E-state index contributed by atoms with van der Waals surface area (Å²) in [6, 6.07) is 4.77. The maximum atomic E-state index is 12.5. The van der Waals surface area contributed by atoms with Gasteiger partial charge in [-0.3, -0.25) is 0 Å². The molecule has 0 aliphatic heterocycles. The smallest absolute Gasteiger partial charge is 0.243 e. The molecule has 20 heavy (non-hydrogen) atoms. The third-order valence-corrected chi connectivity index (χ3v) is 6.80. The molecule has 7 heteroatoms. The SMILES string of the molecule is CC(C)C(N)CCN(C)S(=O)(=O)c1cccc(Cl)c1Br. The first-order valence-corrected chi connectivity index (χ1v) is 8.95. The fourth-order valence-corrected chi connectivity index (χ4v) is 4.01. The van der Waals surface area contributed by atoms with Crippen LogP contribution in [0.4, 0.5) is 0 Å². The minimum absolute atomic E-state index is 0.0181. The van der Waals surface area contributed by atoms with Gasteiger partial charge in [-0.05, 0) is 40.4 Å². The zero-order chi connectivity index (χ0) is 15.5. The molecule has 0 spiro atoms. The number of nitrogens with zero attached hydrogens (tertiary/aromatic N) is 1. The number of sulfonamides is 1. The van der Waals surface area contributed by atoms with E-state index in [2.05, 4.69) is 15.9 Å². The Morgan fingerprint density at radius 1 is 1.40 bits per heavy atom. The summed E-state index contributed by atoms with van der Waals surface area (Å²) < 4.78 is 26.7. The number of nitrogens with two attached hydrogens (primary N) is 1. The molecule has 0 fully saturated rings. The van der Waals surface area contributed by atoms with Crippen LogP contribution in [-0.4, -0.2) is 32.4 Å². The van der Waals surface area contributed by atoms with Gasteiger partial charge < -0.3 is 5.73 Å². The normalized spacial score (nSPS) is 14.0. The van der Waals surface area contributed by atoms with E-state index in [4.69, 9.17) is 17.3 Å². The van der Waals surface area contributed by atoms with Crippen molar-refractivity contribution in [2.45, 2.75) is 31.2 Å². The lowest BCUT2D eigenvalue weighted by molar-refractivity contribution is 0.397.